The summed E-state index contributed by atoms with van der Waals surface area (Å²) in [4.78, 5) is 12.2. The second-order valence-corrected chi connectivity index (χ2v) is 8.80. The number of carbonyl (C=O) groups excluding carboxylic acids is 1. The van der Waals surface area contributed by atoms with Crippen molar-refractivity contribution in [3.05, 3.63) is 65.0 Å². The van der Waals surface area contributed by atoms with E-state index < -0.39 is 17.6 Å². The minimum absolute atomic E-state index is 0.0293. The Labute approximate surface area is 194 Å². The molecule has 176 valence electrons. The highest BCUT2D eigenvalue weighted by molar-refractivity contribution is 7.99. The van der Waals surface area contributed by atoms with Crippen molar-refractivity contribution < 1.29 is 22.7 Å². The van der Waals surface area contributed by atoms with Gasteiger partial charge in [-0.05, 0) is 48.2 Å². The molecule has 0 aliphatic heterocycles. The van der Waals surface area contributed by atoms with Crippen molar-refractivity contribution in [1.29, 1.82) is 0 Å². The summed E-state index contributed by atoms with van der Waals surface area (Å²) in [6.07, 6.45) is -4.47. The fourth-order valence-corrected chi connectivity index (χ4v) is 3.81. The maximum Gasteiger partial charge on any atom is 0.416 e. The molecule has 1 amide bonds. The first-order valence-corrected chi connectivity index (χ1v) is 11.2. The van der Waals surface area contributed by atoms with Crippen LogP contribution in [0.1, 0.15) is 42.3 Å². The number of ether oxygens (including phenoxy) is 1. The quantitative estimate of drug-likeness (QED) is 0.429. The molecule has 3 rings (SSSR count). The summed E-state index contributed by atoms with van der Waals surface area (Å²) >= 11 is 1.14. The number of nitrogens with zero attached hydrogens (tertiary/aromatic N) is 3. The summed E-state index contributed by atoms with van der Waals surface area (Å²) in [6, 6.07) is 10.6. The normalized spacial score (nSPS) is 11.6. The minimum Gasteiger partial charge on any atom is -0.485 e. The van der Waals surface area contributed by atoms with Crippen LogP contribution in [0.15, 0.2) is 47.6 Å². The second kappa shape index (κ2) is 10.3. The third kappa shape index (κ3) is 6.50. The Hall–Kier alpha value is -3.01. The SMILES string of the molecule is Cc1ccc(C(C)C)c(OCc2nnc(SCC(=O)Nc3cccc(C(F)(F)F)c3)n2C)c1. The van der Waals surface area contributed by atoms with Crippen molar-refractivity contribution >= 4 is 23.4 Å². The molecule has 1 aromatic heterocycles. The van der Waals surface area contributed by atoms with Gasteiger partial charge < -0.3 is 14.6 Å². The zero-order valence-electron chi connectivity index (χ0n) is 18.7. The molecule has 0 unspecified atom stereocenters. The lowest BCUT2D eigenvalue weighted by Crippen LogP contribution is -2.15. The number of hydrogen-bond acceptors (Lipinski definition) is 5. The lowest BCUT2D eigenvalue weighted by atomic mass is 10.0. The first kappa shape index (κ1) is 24.6. The molecule has 1 N–H and O–H groups in total. The topological polar surface area (TPSA) is 69.0 Å². The van der Waals surface area contributed by atoms with Gasteiger partial charge in [-0.25, -0.2) is 0 Å². The van der Waals surface area contributed by atoms with Crippen molar-refractivity contribution in [1.82, 2.24) is 14.8 Å². The molecule has 0 spiro atoms. The number of nitrogens with one attached hydrogen (secondary N) is 1. The summed E-state index contributed by atoms with van der Waals surface area (Å²) in [5, 5.41) is 11.2. The maximum absolute atomic E-state index is 12.8. The maximum atomic E-state index is 12.8. The molecule has 1 heterocycles. The first-order valence-electron chi connectivity index (χ1n) is 10.3. The first-order chi connectivity index (χ1) is 15.5. The van der Waals surface area contributed by atoms with Gasteiger partial charge >= 0.3 is 6.18 Å². The largest absolute Gasteiger partial charge is 0.485 e. The van der Waals surface area contributed by atoms with Crippen LogP contribution >= 0.6 is 11.8 Å². The molecule has 0 aliphatic carbocycles. The van der Waals surface area contributed by atoms with Crippen molar-refractivity contribution in [3.63, 3.8) is 0 Å². The van der Waals surface area contributed by atoms with Crippen LogP contribution < -0.4 is 10.1 Å². The molecule has 6 nitrogen and oxygen atoms in total. The third-order valence-corrected chi connectivity index (χ3v) is 5.90. The number of benzene rings is 2. The number of aromatic nitrogens is 3. The lowest BCUT2D eigenvalue weighted by molar-refractivity contribution is -0.137. The fourth-order valence-electron chi connectivity index (χ4n) is 3.08. The van der Waals surface area contributed by atoms with Crippen molar-refractivity contribution in [2.24, 2.45) is 7.05 Å². The molecule has 0 radical (unpaired) electrons. The molecule has 3 aromatic rings. The molecule has 0 saturated heterocycles. The van der Waals surface area contributed by atoms with Gasteiger partial charge in [0.25, 0.3) is 0 Å². The molecule has 33 heavy (non-hydrogen) atoms. The zero-order valence-corrected chi connectivity index (χ0v) is 19.5. The number of aryl methyl sites for hydroxylation is 1. The Morgan fingerprint density at radius 3 is 2.64 bits per heavy atom. The number of hydrogen-bond donors (Lipinski definition) is 1. The van der Waals surface area contributed by atoms with E-state index in [-0.39, 0.29) is 18.0 Å². The number of carbonyl (C=O) groups is 1. The van der Waals surface area contributed by atoms with Crippen LogP contribution in [0.25, 0.3) is 0 Å². The van der Waals surface area contributed by atoms with Gasteiger partial charge in [-0.1, -0.05) is 43.8 Å². The van der Waals surface area contributed by atoms with E-state index in [9.17, 15) is 18.0 Å². The van der Waals surface area contributed by atoms with Crippen LogP contribution in [0.2, 0.25) is 0 Å². The molecule has 0 atom stereocenters. The number of amides is 1. The molecular formula is C23H25F3N4O2S. The Bertz CT molecular complexity index is 1130. The third-order valence-electron chi connectivity index (χ3n) is 4.88. The van der Waals surface area contributed by atoms with E-state index in [0.29, 0.717) is 16.9 Å². The Balaban J connectivity index is 1.58. The molecule has 0 fully saturated rings. The van der Waals surface area contributed by atoms with Gasteiger partial charge in [0.05, 0.1) is 11.3 Å². The van der Waals surface area contributed by atoms with E-state index in [1.165, 1.54) is 12.1 Å². The zero-order chi connectivity index (χ0) is 24.2. The molecule has 2 aromatic carbocycles. The van der Waals surface area contributed by atoms with E-state index in [2.05, 4.69) is 35.4 Å². The summed E-state index contributed by atoms with van der Waals surface area (Å²) < 4.78 is 46.2. The summed E-state index contributed by atoms with van der Waals surface area (Å²) in [5.74, 6) is 1.22. The minimum atomic E-state index is -4.47. The summed E-state index contributed by atoms with van der Waals surface area (Å²) in [5.41, 5.74) is 1.46. The number of anilines is 1. The highest BCUT2D eigenvalue weighted by Gasteiger charge is 2.30. The predicted molar refractivity (Wildman–Crippen MR) is 121 cm³/mol. The van der Waals surface area contributed by atoms with E-state index in [1.807, 2.05) is 19.1 Å². The monoisotopic (exact) mass is 478 g/mol. The fraction of sp³-hybridized carbons (Fsp3) is 0.348. The van der Waals surface area contributed by atoms with E-state index in [1.54, 1.807) is 11.6 Å². The van der Waals surface area contributed by atoms with Crippen LogP contribution in [-0.4, -0.2) is 26.4 Å². The number of halogens is 3. The van der Waals surface area contributed by atoms with Crippen LogP contribution in [0.4, 0.5) is 18.9 Å². The van der Waals surface area contributed by atoms with Gasteiger partial charge in [-0.3, -0.25) is 4.79 Å². The van der Waals surface area contributed by atoms with Gasteiger partial charge in [0.15, 0.2) is 11.0 Å². The average Bonchev–Trinajstić information content (AvgIpc) is 3.09. The second-order valence-electron chi connectivity index (χ2n) is 7.86. The summed E-state index contributed by atoms with van der Waals surface area (Å²) in [6.45, 7) is 6.40. The lowest BCUT2D eigenvalue weighted by Gasteiger charge is -2.14. The standard InChI is InChI=1S/C23H25F3N4O2S/c1-14(2)18-9-8-15(3)10-19(18)32-12-20-28-29-22(30(20)4)33-13-21(31)27-17-7-5-6-16(11-17)23(24,25)26/h5-11,14H,12-13H2,1-4H3,(H,27,31). The van der Waals surface area contributed by atoms with Crippen LogP contribution in [0.5, 0.6) is 5.75 Å². The predicted octanol–water partition coefficient (Wildman–Crippen LogP) is 5.58. The van der Waals surface area contributed by atoms with Crippen LogP contribution in [0.3, 0.4) is 0 Å². The summed E-state index contributed by atoms with van der Waals surface area (Å²) in [7, 11) is 1.77. The number of alkyl halides is 3. The smallest absolute Gasteiger partial charge is 0.416 e. The van der Waals surface area contributed by atoms with E-state index in [0.717, 1.165) is 40.8 Å². The molecule has 0 aliphatic rings. The van der Waals surface area contributed by atoms with Crippen molar-refractivity contribution in [2.45, 2.75) is 44.6 Å². The molecule has 10 heteroatoms. The number of thioether (sulfide) groups is 1. The van der Waals surface area contributed by atoms with Gasteiger partial charge in [0, 0.05) is 12.7 Å². The highest BCUT2D eigenvalue weighted by atomic mass is 32.2. The molecule has 0 saturated carbocycles. The van der Waals surface area contributed by atoms with Crippen molar-refractivity contribution in [2.75, 3.05) is 11.1 Å². The molecular weight excluding hydrogens is 453 g/mol. The van der Waals surface area contributed by atoms with Gasteiger partial charge in [0.1, 0.15) is 12.4 Å². The van der Waals surface area contributed by atoms with Crippen molar-refractivity contribution in [3.8, 4) is 5.75 Å². The van der Waals surface area contributed by atoms with Crippen LogP contribution in [0, 0.1) is 6.92 Å². The van der Waals surface area contributed by atoms with E-state index >= 15 is 0 Å². The average molecular weight is 479 g/mol. The Kier molecular flexibility index (Phi) is 7.68. The van der Waals surface area contributed by atoms with Crippen LogP contribution in [-0.2, 0) is 24.6 Å². The van der Waals surface area contributed by atoms with Gasteiger partial charge in [-0.15, -0.1) is 10.2 Å². The highest BCUT2D eigenvalue weighted by Crippen LogP contribution is 2.31. The Morgan fingerprint density at radius 1 is 1.18 bits per heavy atom. The molecule has 0 bridgehead atoms. The van der Waals surface area contributed by atoms with Gasteiger partial charge in [0.2, 0.25) is 5.91 Å². The van der Waals surface area contributed by atoms with E-state index in [4.69, 9.17) is 4.74 Å². The van der Waals surface area contributed by atoms with Gasteiger partial charge in [-0.2, -0.15) is 13.2 Å². The Morgan fingerprint density at radius 2 is 1.94 bits per heavy atom. The number of rotatable bonds is 8.